The van der Waals surface area contributed by atoms with Crippen molar-refractivity contribution in [2.45, 2.75) is 0 Å². The first kappa shape index (κ1) is 11.9. The maximum atomic E-state index is 10.9. The summed E-state index contributed by atoms with van der Waals surface area (Å²) < 4.78 is 0. The minimum absolute atomic E-state index is 0.0115. The number of rotatable bonds is 3. The van der Waals surface area contributed by atoms with Crippen molar-refractivity contribution in [1.82, 2.24) is 0 Å². The van der Waals surface area contributed by atoms with Crippen molar-refractivity contribution in [3.8, 4) is 16.9 Å². The standard InChI is InChI=1S/C13H12N2O3/c14-15-11-6-2-5-10(12(11)16)8-3-1-4-9(7-8)13(17)18/h1-7,15-16H,14H2,(H,17,18). The molecule has 0 heterocycles. The number of carboxylic acids is 1. The Labute approximate surface area is 103 Å². The first-order valence-electron chi connectivity index (χ1n) is 5.26. The fourth-order valence-corrected chi connectivity index (χ4v) is 1.71. The molecular weight excluding hydrogens is 232 g/mol. The van der Waals surface area contributed by atoms with E-state index >= 15 is 0 Å². The van der Waals surface area contributed by atoms with E-state index in [1.807, 2.05) is 0 Å². The van der Waals surface area contributed by atoms with Crippen LogP contribution in [-0.4, -0.2) is 16.2 Å². The molecule has 0 atom stereocenters. The number of nitrogen functional groups attached to an aromatic ring is 1. The van der Waals surface area contributed by atoms with E-state index in [0.717, 1.165) is 0 Å². The average molecular weight is 244 g/mol. The Balaban J connectivity index is 2.55. The summed E-state index contributed by atoms with van der Waals surface area (Å²) in [5.74, 6) is 4.25. The van der Waals surface area contributed by atoms with Crippen LogP contribution in [0.3, 0.4) is 0 Å². The van der Waals surface area contributed by atoms with Gasteiger partial charge in [0.2, 0.25) is 0 Å². The van der Waals surface area contributed by atoms with Gasteiger partial charge in [-0.2, -0.15) is 0 Å². The third-order valence-corrected chi connectivity index (χ3v) is 2.61. The predicted molar refractivity (Wildman–Crippen MR) is 68.3 cm³/mol. The van der Waals surface area contributed by atoms with Gasteiger partial charge in [0, 0.05) is 5.56 Å². The van der Waals surface area contributed by atoms with Gasteiger partial charge in [0.1, 0.15) is 5.75 Å². The minimum atomic E-state index is -1.01. The number of carbonyl (C=O) groups is 1. The Hall–Kier alpha value is -2.53. The molecule has 0 bridgehead atoms. The number of phenols is 1. The third kappa shape index (κ3) is 2.11. The van der Waals surface area contributed by atoms with Crippen LogP contribution < -0.4 is 11.3 Å². The molecule has 2 aromatic carbocycles. The number of aromatic carboxylic acids is 1. The van der Waals surface area contributed by atoms with Crippen molar-refractivity contribution in [1.29, 1.82) is 0 Å². The fraction of sp³-hybridized carbons (Fsp3) is 0. The highest BCUT2D eigenvalue weighted by Gasteiger charge is 2.10. The first-order chi connectivity index (χ1) is 8.63. The molecule has 2 rings (SSSR count). The van der Waals surface area contributed by atoms with Crippen molar-refractivity contribution < 1.29 is 15.0 Å². The maximum absolute atomic E-state index is 10.9. The molecule has 5 N–H and O–H groups in total. The summed E-state index contributed by atoms with van der Waals surface area (Å²) in [7, 11) is 0. The number of nitrogens with two attached hydrogens (primary N) is 1. The summed E-state index contributed by atoms with van der Waals surface area (Å²) in [4.78, 5) is 10.9. The Morgan fingerprint density at radius 3 is 2.56 bits per heavy atom. The van der Waals surface area contributed by atoms with E-state index in [1.54, 1.807) is 30.3 Å². The maximum Gasteiger partial charge on any atom is 0.335 e. The number of para-hydroxylation sites is 1. The van der Waals surface area contributed by atoms with Crippen LogP contribution in [0.4, 0.5) is 5.69 Å². The normalized spacial score (nSPS) is 10.1. The second kappa shape index (κ2) is 4.77. The number of anilines is 1. The van der Waals surface area contributed by atoms with Crippen LogP contribution in [0, 0.1) is 0 Å². The quantitative estimate of drug-likeness (QED) is 0.376. The van der Waals surface area contributed by atoms with Crippen molar-refractivity contribution in [3.63, 3.8) is 0 Å². The van der Waals surface area contributed by atoms with Gasteiger partial charge in [-0.1, -0.05) is 24.3 Å². The van der Waals surface area contributed by atoms with Gasteiger partial charge in [-0.15, -0.1) is 0 Å². The molecule has 0 aromatic heterocycles. The highest BCUT2D eigenvalue weighted by atomic mass is 16.4. The van der Waals surface area contributed by atoms with Gasteiger partial charge in [-0.25, -0.2) is 4.79 Å². The zero-order valence-electron chi connectivity index (χ0n) is 9.42. The molecule has 5 heteroatoms. The number of aromatic hydroxyl groups is 1. The number of phenolic OH excluding ortho intramolecular Hbond substituents is 1. The molecule has 18 heavy (non-hydrogen) atoms. The summed E-state index contributed by atoms with van der Waals surface area (Å²) >= 11 is 0. The van der Waals surface area contributed by atoms with E-state index in [-0.39, 0.29) is 11.3 Å². The van der Waals surface area contributed by atoms with Gasteiger partial charge in [-0.05, 0) is 23.8 Å². The van der Waals surface area contributed by atoms with Crippen molar-refractivity contribution in [2.75, 3.05) is 5.43 Å². The number of nitrogens with one attached hydrogen (secondary N) is 1. The molecule has 0 saturated heterocycles. The van der Waals surface area contributed by atoms with Gasteiger partial charge in [0.05, 0.1) is 11.3 Å². The van der Waals surface area contributed by atoms with Crippen LogP contribution in [0.1, 0.15) is 10.4 Å². The summed E-state index contributed by atoms with van der Waals surface area (Å²) in [5.41, 5.74) is 4.06. The fourth-order valence-electron chi connectivity index (χ4n) is 1.71. The molecule has 92 valence electrons. The Bertz CT molecular complexity index is 597. The number of carboxylic acid groups (broad SMARTS) is 1. The SMILES string of the molecule is NNc1cccc(-c2cccc(C(=O)O)c2)c1O. The molecule has 0 aliphatic rings. The largest absolute Gasteiger partial charge is 0.505 e. The Morgan fingerprint density at radius 1 is 1.17 bits per heavy atom. The van der Waals surface area contributed by atoms with Gasteiger partial charge in [0.15, 0.2) is 0 Å². The van der Waals surface area contributed by atoms with Gasteiger partial charge in [-0.3, -0.25) is 5.84 Å². The molecule has 0 spiro atoms. The van der Waals surface area contributed by atoms with E-state index in [0.29, 0.717) is 16.8 Å². The molecule has 0 unspecified atom stereocenters. The second-order valence-electron chi connectivity index (χ2n) is 3.73. The summed E-state index contributed by atoms with van der Waals surface area (Å²) in [5, 5.41) is 18.9. The topological polar surface area (TPSA) is 95.6 Å². The van der Waals surface area contributed by atoms with Gasteiger partial charge in [0.25, 0.3) is 0 Å². The lowest BCUT2D eigenvalue weighted by atomic mass is 10.0. The van der Waals surface area contributed by atoms with Crippen molar-refractivity contribution >= 4 is 11.7 Å². The lowest BCUT2D eigenvalue weighted by Gasteiger charge is -2.09. The number of benzene rings is 2. The number of hydrogen-bond donors (Lipinski definition) is 4. The molecule has 0 aliphatic carbocycles. The highest BCUT2D eigenvalue weighted by molar-refractivity contribution is 5.90. The smallest absolute Gasteiger partial charge is 0.335 e. The summed E-state index contributed by atoms with van der Waals surface area (Å²) in [6, 6.07) is 11.4. The van der Waals surface area contributed by atoms with Crippen LogP contribution in [0.2, 0.25) is 0 Å². The molecular formula is C13H12N2O3. The van der Waals surface area contributed by atoms with Crippen molar-refractivity contribution in [2.24, 2.45) is 5.84 Å². The van der Waals surface area contributed by atoms with Crippen LogP contribution in [-0.2, 0) is 0 Å². The molecule has 0 aliphatic heterocycles. The molecule has 0 radical (unpaired) electrons. The molecule has 0 saturated carbocycles. The zero-order chi connectivity index (χ0) is 13.1. The Morgan fingerprint density at radius 2 is 1.89 bits per heavy atom. The van der Waals surface area contributed by atoms with Crippen molar-refractivity contribution in [3.05, 3.63) is 48.0 Å². The van der Waals surface area contributed by atoms with Crippen LogP contribution >= 0.6 is 0 Å². The zero-order valence-corrected chi connectivity index (χ0v) is 9.42. The molecule has 5 nitrogen and oxygen atoms in total. The number of hydrazine groups is 1. The average Bonchev–Trinajstić information content (AvgIpc) is 2.39. The van der Waals surface area contributed by atoms with Crippen LogP contribution in [0.5, 0.6) is 5.75 Å². The van der Waals surface area contributed by atoms with E-state index in [2.05, 4.69) is 5.43 Å². The number of hydrogen-bond acceptors (Lipinski definition) is 4. The minimum Gasteiger partial charge on any atom is -0.505 e. The van der Waals surface area contributed by atoms with Crippen LogP contribution in [0.15, 0.2) is 42.5 Å². The van der Waals surface area contributed by atoms with E-state index in [1.165, 1.54) is 12.1 Å². The Kier molecular flexibility index (Phi) is 3.16. The monoisotopic (exact) mass is 244 g/mol. The molecule has 0 amide bonds. The summed E-state index contributed by atoms with van der Waals surface area (Å²) in [6.07, 6.45) is 0. The summed E-state index contributed by atoms with van der Waals surface area (Å²) in [6.45, 7) is 0. The van der Waals surface area contributed by atoms with E-state index in [4.69, 9.17) is 10.9 Å². The van der Waals surface area contributed by atoms with Gasteiger partial charge >= 0.3 is 5.97 Å². The lowest BCUT2D eigenvalue weighted by molar-refractivity contribution is 0.0697. The molecule has 0 fully saturated rings. The van der Waals surface area contributed by atoms with Gasteiger partial charge < -0.3 is 15.6 Å². The third-order valence-electron chi connectivity index (χ3n) is 2.61. The van der Waals surface area contributed by atoms with E-state index in [9.17, 15) is 9.90 Å². The highest BCUT2D eigenvalue weighted by Crippen LogP contribution is 2.35. The first-order valence-corrected chi connectivity index (χ1v) is 5.26. The van der Waals surface area contributed by atoms with E-state index < -0.39 is 5.97 Å². The second-order valence-corrected chi connectivity index (χ2v) is 3.73. The lowest BCUT2D eigenvalue weighted by Crippen LogP contribution is -2.06. The molecule has 2 aromatic rings. The van der Waals surface area contributed by atoms with Crippen LogP contribution in [0.25, 0.3) is 11.1 Å². The predicted octanol–water partition coefficient (Wildman–Crippen LogP) is 2.04.